The number of aryl methyl sites for hydroxylation is 1. The number of aromatic nitrogens is 3. The summed E-state index contributed by atoms with van der Waals surface area (Å²) in [6, 6.07) is 13.5. The second kappa shape index (κ2) is 8.28. The Labute approximate surface area is 172 Å². The molecule has 0 saturated carbocycles. The Hall–Kier alpha value is -3.45. The van der Waals surface area contributed by atoms with Gasteiger partial charge in [0.2, 0.25) is 0 Å². The summed E-state index contributed by atoms with van der Waals surface area (Å²) >= 11 is 1.65. The van der Waals surface area contributed by atoms with Gasteiger partial charge in [-0.25, -0.2) is 0 Å². The van der Waals surface area contributed by atoms with Crippen LogP contribution >= 0.6 is 11.3 Å². The van der Waals surface area contributed by atoms with E-state index in [9.17, 15) is 4.79 Å². The molecular formula is C22H20N4O2S. The smallest absolute Gasteiger partial charge is 0.269 e. The molecule has 3 aromatic heterocycles. The Morgan fingerprint density at radius 3 is 2.83 bits per heavy atom. The summed E-state index contributed by atoms with van der Waals surface area (Å²) in [4.78, 5) is 17.0. The molecule has 4 aromatic rings. The first-order valence-corrected chi connectivity index (χ1v) is 10.0. The van der Waals surface area contributed by atoms with Crippen molar-refractivity contribution in [2.75, 3.05) is 7.11 Å². The predicted molar refractivity (Wildman–Crippen MR) is 114 cm³/mol. The number of methoxy groups -OCH3 is 1. The number of amides is 1. The monoisotopic (exact) mass is 404 g/mol. The van der Waals surface area contributed by atoms with E-state index in [1.807, 2.05) is 41.9 Å². The molecule has 4 rings (SSSR count). The number of benzene rings is 1. The van der Waals surface area contributed by atoms with Crippen molar-refractivity contribution in [2.45, 2.75) is 6.54 Å². The van der Waals surface area contributed by atoms with Crippen molar-refractivity contribution in [3.05, 3.63) is 76.9 Å². The van der Waals surface area contributed by atoms with Gasteiger partial charge in [0, 0.05) is 37.1 Å². The van der Waals surface area contributed by atoms with Crippen LogP contribution in [-0.2, 0) is 13.6 Å². The predicted octanol–water partition coefficient (Wildman–Crippen LogP) is 4.15. The average molecular weight is 404 g/mol. The number of rotatable bonds is 6. The number of hydrogen-bond acceptors (Lipinski definition) is 5. The Morgan fingerprint density at radius 1 is 1.14 bits per heavy atom. The molecule has 146 valence electrons. The van der Waals surface area contributed by atoms with Crippen LogP contribution in [0.25, 0.3) is 22.4 Å². The molecule has 3 heterocycles. The highest BCUT2D eigenvalue weighted by molar-refractivity contribution is 7.08. The highest BCUT2D eigenvalue weighted by Gasteiger charge is 2.14. The maximum absolute atomic E-state index is 12.7. The first kappa shape index (κ1) is 18.9. The van der Waals surface area contributed by atoms with Gasteiger partial charge in [0.25, 0.3) is 5.91 Å². The number of pyridine rings is 1. The van der Waals surface area contributed by atoms with E-state index in [4.69, 9.17) is 4.74 Å². The van der Waals surface area contributed by atoms with E-state index in [1.165, 1.54) is 0 Å². The molecule has 0 spiro atoms. The fourth-order valence-corrected chi connectivity index (χ4v) is 3.71. The zero-order valence-electron chi connectivity index (χ0n) is 16.1. The lowest BCUT2D eigenvalue weighted by Gasteiger charge is -2.06. The van der Waals surface area contributed by atoms with E-state index >= 15 is 0 Å². The van der Waals surface area contributed by atoms with Crippen molar-refractivity contribution < 1.29 is 9.53 Å². The van der Waals surface area contributed by atoms with Gasteiger partial charge in [0.05, 0.1) is 12.8 Å². The second-order valence-corrected chi connectivity index (χ2v) is 7.33. The molecule has 0 aliphatic rings. The number of thiophene rings is 1. The number of hydrogen-bond donors (Lipinski definition) is 1. The van der Waals surface area contributed by atoms with Crippen LogP contribution in [0.15, 0.2) is 65.6 Å². The zero-order valence-corrected chi connectivity index (χ0v) is 16.9. The third-order valence-electron chi connectivity index (χ3n) is 4.58. The molecule has 1 aromatic carbocycles. The first-order chi connectivity index (χ1) is 14.1. The minimum atomic E-state index is -0.185. The number of nitrogens with zero attached hydrogens (tertiary/aromatic N) is 3. The Kier molecular flexibility index (Phi) is 5.39. The molecule has 29 heavy (non-hydrogen) atoms. The van der Waals surface area contributed by atoms with Crippen LogP contribution in [0.3, 0.4) is 0 Å². The van der Waals surface area contributed by atoms with Crippen molar-refractivity contribution in [3.63, 3.8) is 0 Å². The summed E-state index contributed by atoms with van der Waals surface area (Å²) in [5.41, 5.74) is 5.22. The number of carbonyl (C=O) groups excluding carboxylic acids is 1. The van der Waals surface area contributed by atoms with Gasteiger partial charge in [-0.2, -0.15) is 16.4 Å². The normalized spacial score (nSPS) is 10.7. The second-order valence-electron chi connectivity index (χ2n) is 6.55. The molecule has 0 fully saturated rings. The fraction of sp³-hybridized carbons (Fsp3) is 0.136. The minimum absolute atomic E-state index is 0.185. The first-order valence-electron chi connectivity index (χ1n) is 9.07. The molecule has 1 amide bonds. The summed E-state index contributed by atoms with van der Waals surface area (Å²) in [6.07, 6.45) is 3.59. The van der Waals surface area contributed by atoms with Crippen molar-refractivity contribution >= 4 is 17.2 Å². The average Bonchev–Trinajstić information content (AvgIpc) is 3.42. The molecular weight excluding hydrogens is 384 g/mol. The highest BCUT2D eigenvalue weighted by Crippen LogP contribution is 2.24. The van der Waals surface area contributed by atoms with E-state index in [-0.39, 0.29) is 5.91 Å². The molecule has 0 aliphatic carbocycles. The molecule has 1 N–H and O–H groups in total. The molecule has 7 heteroatoms. The quantitative estimate of drug-likeness (QED) is 0.524. The maximum Gasteiger partial charge on any atom is 0.269 e. The van der Waals surface area contributed by atoms with Crippen LogP contribution in [0.1, 0.15) is 16.1 Å². The summed E-state index contributed by atoms with van der Waals surface area (Å²) < 4.78 is 6.85. The van der Waals surface area contributed by atoms with Crippen molar-refractivity contribution in [1.82, 2.24) is 20.1 Å². The van der Waals surface area contributed by atoms with Crippen molar-refractivity contribution in [1.29, 1.82) is 0 Å². The molecule has 0 aliphatic heterocycles. The molecule has 0 bridgehead atoms. The van der Waals surface area contributed by atoms with Crippen LogP contribution < -0.4 is 10.1 Å². The maximum atomic E-state index is 12.7. The standard InChI is InChI=1S/C22H20N4O2S/c1-26-21(10-20(25-26)16-4-3-5-19(9-16)28-2)22(27)24-12-15-8-18(13-23-11-15)17-6-7-29-14-17/h3-11,13-14H,12H2,1-2H3,(H,24,27). The van der Waals surface area contributed by atoms with Gasteiger partial charge < -0.3 is 10.1 Å². The summed E-state index contributed by atoms with van der Waals surface area (Å²) in [7, 11) is 3.38. The third-order valence-corrected chi connectivity index (χ3v) is 5.26. The van der Waals surface area contributed by atoms with E-state index < -0.39 is 0 Å². The van der Waals surface area contributed by atoms with Crippen LogP contribution in [0.5, 0.6) is 5.75 Å². The van der Waals surface area contributed by atoms with Gasteiger partial charge in [0.15, 0.2) is 0 Å². The van der Waals surface area contributed by atoms with Crippen LogP contribution in [0.2, 0.25) is 0 Å². The van der Waals surface area contributed by atoms with Crippen LogP contribution in [0, 0.1) is 0 Å². The minimum Gasteiger partial charge on any atom is -0.497 e. The summed E-state index contributed by atoms with van der Waals surface area (Å²) in [5, 5.41) is 11.5. The zero-order chi connectivity index (χ0) is 20.2. The Balaban J connectivity index is 1.48. The van der Waals surface area contributed by atoms with Gasteiger partial charge in [-0.3, -0.25) is 14.5 Å². The molecule has 0 radical (unpaired) electrons. The van der Waals surface area contributed by atoms with Gasteiger partial charge in [0.1, 0.15) is 11.4 Å². The Bertz CT molecular complexity index is 1140. The van der Waals surface area contributed by atoms with Gasteiger partial charge in [-0.1, -0.05) is 12.1 Å². The summed E-state index contributed by atoms with van der Waals surface area (Å²) in [5.74, 6) is 0.562. The number of ether oxygens (including phenoxy) is 1. The molecule has 0 unspecified atom stereocenters. The number of nitrogens with one attached hydrogen (secondary N) is 1. The van der Waals surface area contributed by atoms with E-state index in [0.717, 1.165) is 33.7 Å². The molecule has 6 nitrogen and oxygen atoms in total. The lowest BCUT2D eigenvalue weighted by atomic mass is 10.1. The van der Waals surface area contributed by atoms with E-state index in [1.54, 1.807) is 42.4 Å². The van der Waals surface area contributed by atoms with Gasteiger partial charge in [-0.05, 0) is 52.2 Å². The topological polar surface area (TPSA) is 69.0 Å². The lowest BCUT2D eigenvalue weighted by molar-refractivity contribution is 0.0941. The Morgan fingerprint density at radius 2 is 2.03 bits per heavy atom. The van der Waals surface area contributed by atoms with Crippen LogP contribution in [-0.4, -0.2) is 27.8 Å². The van der Waals surface area contributed by atoms with Crippen molar-refractivity contribution in [3.8, 4) is 28.1 Å². The van der Waals surface area contributed by atoms with Gasteiger partial charge >= 0.3 is 0 Å². The molecule has 0 saturated heterocycles. The van der Waals surface area contributed by atoms with E-state index in [0.29, 0.717) is 12.2 Å². The summed E-state index contributed by atoms with van der Waals surface area (Å²) in [6.45, 7) is 0.392. The molecule has 0 atom stereocenters. The van der Waals surface area contributed by atoms with E-state index in [2.05, 4.69) is 26.8 Å². The van der Waals surface area contributed by atoms with Crippen molar-refractivity contribution in [2.24, 2.45) is 7.05 Å². The SMILES string of the molecule is COc1cccc(-c2cc(C(=O)NCc3cncc(-c4ccsc4)c3)n(C)n2)c1. The highest BCUT2D eigenvalue weighted by atomic mass is 32.1. The largest absolute Gasteiger partial charge is 0.497 e. The third kappa shape index (κ3) is 4.20. The number of carbonyl (C=O) groups is 1. The van der Waals surface area contributed by atoms with Crippen LogP contribution in [0.4, 0.5) is 0 Å². The van der Waals surface area contributed by atoms with Gasteiger partial charge in [-0.15, -0.1) is 0 Å². The lowest BCUT2D eigenvalue weighted by Crippen LogP contribution is -2.25. The fourth-order valence-electron chi connectivity index (χ4n) is 3.05.